The number of allylic oxidation sites excluding steroid dienone is 1. The van der Waals surface area contributed by atoms with Crippen LogP contribution in [0.1, 0.15) is 24.8 Å². The number of likely N-dealkylation sites (N-methyl/N-ethyl adjacent to an activating group) is 1. The van der Waals surface area contributed by atoms with Gasteiger partial charge in [-0.15, -0.1) is 0 Å². The molecule has 1 atom stereocenters. The highest BCUT2D eigenvalue weighted by atomic mass is 79.9. The lowest BCUT2D eigenvalue weighted by Crippen LogP contribution is -2.36. The van der Waals surface area contributed by atoms with E-state index in [0.29, 0.717) is 36.2 Å². The molecule has 1 aromatic carbocycles. The average molecular weight is 731 g/mol. The van der Waals surface area contributed by atoms with E-state index in [1.807, 2.05) is 7.05 Å². The molecule has 2 aliphatic rings. The summed E-state index contributed by atoms with van der Waals surface area (Å²) in [5.41, 5.74) is 1.47. The molecule has 0 saturated carbocycles. The van der Waals surface area contributed by atoms with Crippen molar-refractivity contribution in [2.75, 3.05) is 33.9 Å². The van der Waals surface area contributed by atoms with Crippen LogP contribution in [0.15, 0.2) is 47.2 Å². The molecule has 2 aliphatic heterocycles. The van der Waals surface area contributed by atoms with Crippen LogP contribution < -0.4 is 15.4 Å². The number of hydrogen-bond acceptors (Lipinski definition) is 7. The van der Waals surface area contributed by atoms with Gasteiger partial charge >= 0.3 is 0 Å². The molecule has 3 rings (SSSR count). The topological polar surface area (TPSA) is 90.4 Å². The van der Waals surface area contributed by atoms with E-state index in [2.05, 4.69) is 91.6 Å². The van der Waals surface area contributed by atoms with Crippen LogP contribution >= 0.6 is 63.7 Å². The largest absolute Gasteiger partial charge is 0.495 e. The number of hydrogen-bond donors (Lipinski definition) is 2. The third-order valence-corrected chi connectivity index (χ3v) is 7.43. The molecule has 1 spiro atoms. The lowest BCUT2D eigenvalue weighted by atomic mass is 10.1. The van der Waals surface area contributed by atoms with E-state index < -0.39 is 5.79 Å². The molecule has 2 N–H and O–H groups in total. The first-order chi connectivity index (χ1) is 16.3. The Morgan fingerprint density at radius 3 is 2.59 bits per heavy atom. The Labute approximate surface area is 232 Å². The van der Waals surface area contributed by atoms with Crippen LogP contribution in [0.5, 0.6) is 5.75 Å². The summed E-state index contributed by atoms with van der Waals surface area (Å²) in [4.78, 5) is 18.1. The summed E-state index contributed by atoms with van der Waals surface area (Å²) in [6, 6.07) is 4.11. The van der Waals surface area contributed by atoms with Crippen LogP contribution in [0.4, 0.5) is 0 Å². The van der Waals surface area contributed by atoms with Gasteiger partial charge in [0.2, 0.25) is 0 Å². The first-order valence-corrected chi connectivity index (χ1v) is 13.7. The van der Waals surface area contributed by atoms with Crippen molar-refractivity contribution in [2.45, 2.75) is 31.5 Å². The van der Waals surface area contributed by atoms with Gasteiger partial charge in [0.05, 0.1) is 40.0 Å². The molecule has 1 amide bonds. The molecule has 186 valence electrons. The zero-order chi connectivity index (χ0) is 24.7. The smallest absolute Gasteiger partial charge is 0.285 e. The lowest BCUT2D eigenvalue weighted by Gasteiger charge is -2.24. The van der Waals surface area contributed by atoms with Gasteiger partial charge in [-0.25, -0.2) is 0 Å². The van der Waals surface area contributed by atoms with Crippen LogP contribution in [0.25, 0.3) is 0 Å². The third kappa shape index (κ3) is 6.99. The van der Waals surface area contributed by atoms with Crippen molar-refractivity contribution in [1.29, 1.82) is 0 Å². The first-order valence-electron chi connectivity index (χ1n) is 10.5. The molecule has 0 fully saturated rings. The van der Waals surface area contributed by atoms with E-state index in [9.17, 15) is 4.79 Å². The quantitative estimate of drug-likeness (QED) is 0.321. The van der Waals surface area contributed by atoms with Crippen molar-refractivity contribution in [3.8, 4) is 5.75 Å². The number of halogens is 4. The SMILES string of the molecule is CNCCc1cc(Br)c(OCCCNC(=O)C2=NO[C@]3(C2)CC(Br)=C(OC)C(Br)=CO3)c(Br)c1. The van der Waals surface area contributed by atoms with Crippen LogP contribution in [-0.4, -0.2) is 51.3 Å². The number of oxime groups is 1. The molecule has 0 bridgehead atoms. The summed E-state index contributed by atoms with van der Waals surface area (Å²) in [5, 5.41) is 9.97. The van der Waals surface area contributed by atoms with E-state index in [0.717, 1.165) is 32.1 Å². The normalized spacial score (nSPS) is 19.7. The fraction of sp³-hybridized carbons (Fsp3) is 0.455. The number of methoxy groups -OCH3 is 1. The number of ether oxygens (including phenoxy) is 3. The van der Waals surface area contributed by atoms with E-state index >= 15 is 0 Å². The van der Waals surface area contributed by atoms with Crippen molar-refractivity contribution >= 4 is 75.3 Å². The number of amides is 1. The zero-order valence-electron chi connectivity index (χ0n) is 18.7. The highest BCUT2D eigenvalue weighted by Crippen LogP contribution is 2.41. The predicted molar refractivity (Wildman–Crippen MR) is 144 cm³/mol. The number of rotatable bonds is 10. The molecular formula is C22H25Br4N3O5. The van der Waals surface area contributed by atoms with Crippen LogP contribution in [0, 0.1) is 0 Å². The van der Waals surface area contributed by atoms with Gasteiger partial charge in [-0.2, -0.15) is 0 Å². The number of nitrogens with zero attached hydrogens (tertiary/aromatic N) is 1. The summed E-state index contributed by atoms with van der Waals surface area (Å²) in [6.45, 7) is 1.78. The second-order valence-corrected chi connectivity index (χ2v) is 11.1. The second kappa shape index (κ2) is 12.8. The van der Waals surface area contributed by atoms with E-state index in [4.69, 9.17) is 19.0 Å². The average Bonchev–Trinajstić information content (AvgIpc) is 3.17. The van der Waals surface area contributed by atoms with E-state index in [1.165, 1.54) is 11.8 Å². The summed E-state index contributed by atoms with van der Waals surface area (Å²) in [7, 11) is 3.50. The zero-order valence-corrected chi connectivity index (χ0v) is 25.0. The Hall–Kier alpha value is -1.08. The van der Waals surface area contributed by atoms with E-state index in [-0.39, 0.29) is 18.0 Å². The fourth-order valence-corrected chi connectivity index (χ4v) is 6.43. The minimum absolute atomic E-state index is 0.206. The lowest BCUT2D eigenvalue weighted by molar-refractivity contribution is -0.186. The summed E-state index contributed by atoms with van der Waals surface area (Å²) in [5.74, 6) is -0.0413. The van der Waals surface area contributed by atoms with Crippen molar-refractivity contribution in [3.05, 3.63) is 47.6 Å². The minimum Gasteiger partial charge on any atom is -0.495 e. The maximum Gasteiger partial charge on any atom is 0.285 e. The van der Waals surface area contributed by atoms with Crippen molar-refractivity contribution in [3.63, 3.8) is 0 Å². The van der Waals surface area contributed by atoms with Gasteiger partial charge in [-0.3, -0.25) is 4.79 Å². The molecule has 34 heavy (non-hydrogen) atoms. The molecule has 0 aromatic heterocycles. The summed E-state index contributed by atoms with van der Waals surface area (Å²) in [6.07, 6.45) is 3.59. The maximum atomic E-state index is 12.6. The molecular weight excluding hydrogens is 706 g/mol. The van der Waals surface area contributed by atoms with Crippen molar-refractivity contribution in [2.24, 2.45) is 5.16 Å². The van der Waals surface area contributed by atoms with Gasteiger partial charge in [0.15, 0.2) is 5.71 Å². The van der Waals surface area contributed by atoms with Crippen LogP contribution in [0.2, 0.25) is 0 Å². The van der Waals surface area contributed by atoms with Gasteiger partial charge in [0.1, 0.15) is 17.8 Å². The molecule has 0 unspecified atom stereocenters. The van der Waals surface area contributed by atoms with E-state index in [1.54, 1.807) is 7.11 Å². The number of carbonyl (C=O) groups excluding carboxylic acids is 1. The maximum absolute atomic E-state index is 12.6. The molecule has 2 heterocycles. The van der Waals surface area contributed by atoms with Crippen LogP contribution in [0.3, 0.4) is 0 Å². The predicted octanol–water partition coefficient (Wildman–Crippen LogP) is 5.24. The number of benzene rings is 1. The molecule has 8 nitrogen and oxygen atoms in total. The fourth-order valence-electron chi connectivity index (χ4n) is 3.36. The monoisotopic (exact) mass is 727 g/mol. The highest BCUT2D eigenvalue weighted by molar-refractivity contribution is 9.12. The second-order valence-electron chi connectivity index (χ2n) is 7.62. The molecule has 0 aliphatic carbocycles. The molecule has 1 aromatic rings. The van der Waals surface area contributed by atoms with Gasteiger partial charge in [-0.05, 0) is 91.9 Å². The van der Waals surface area contributed by atoms with Gasteiger partial charge in [-0.1, -0.05) is 21.1 Å². The number of carbonyl (C=O) groups is 1. The van der Waals surface area contributed by atoms with Crippen molar-refractivity contribution < 1.29 is 23.8 Å². The molecule has 0 saturated heterocycles. The summed E-state index contributed by atoms with van der Waals surface area (Å²) >= 11 is 14.0. The Kier molecular flexibility index (Phi) is 10.3. The molecule has 0 radical (unpaired) electrons. The third-order valence-electron chi connectivity index (χ3n) is 5.07. The van der Waals surface area contributed by atoms with Crippen molar-refractivity contribution in [1.82, 2.24) is 10.6 Å². The van der Waals surface area contributed by atoms with Gasteiger partial charge < -0.3 is 29.7 Å². The van der Waals surface area contributed by atoms with Crippen LogP contribution in [-0.2, 0) is 25.5 Å². The minimum atomic E-state index is -1.09. The Morgan fingerprint density at radius 1 is 1.18 bits per heavy atom. The standard InChI is InChI=1S/C22H25Br4N3O5/c1-27-6-4-13-8-14(23)20(15(24)9-13)32-7-3-5-28-21(30)18-11-22(34-29-18)10-16(25)19(31-2)17(26)12-33-22/h8-9,12,27H,3-7,10-11H2,1-2H3,(H,28,30)/t22-/m0/s1. The highest BCUT2D eigenvalue weighted by Gasteiger charge is 2.45. The first kappa shape index (κ1) is 27.5. The van der Waals surface area contributed by atoms with Gasteiger partial charge in [0.25, 0.3) is 11.7 Å². The number of nitrogens with one attached hydrogen (secondary N) is 2. The molecule has 12 heteroatoms. The Morgan fingerprint density at radius 2 is 1.91 bits per heavy atom. The van der Waals surface area contributed by atoms with Gasteiger partial charge in [0, 0.05) is 11.0 Å². The Bertz CT molecular complexity index is 991. The Balaban J connectivity index is 1.45. The summed E-state index contributed by atoms with van der Waals surface area (Å²) < 4.78 is 20.2.